The van der Waals surface area contributed by atoms with Crippen molar-refractivity contribution in [1.29, 1.82) is 0 Å². The lowest BCUT2D eigenvalue weighted by Gasteiger charge is -2.29. The highest BCUT2D eigenvalue weighted by Crippen LogP contribution is 2.24. The van der Waals surface area contributed by atoms with Gasteiger partial charge in [-0.1, -0.05) is 60.2 Å². The Kier molecular flexibility index (Phi) is 9.02. The highest BCUT2D eigenvalue weighted by Gasteiger charge is 2.23. The van der Waals surface area contributed by atoms with E-state index in [0.29, 0.717) is 18.8 Å². The van der Waals surface area contributed by atoms with Gasteiger partial charge in [0.05, 0.1) is 25.4 Å². The van der Waals surface area contributed by atoms with E-state index >= 15 is 0 Å². The Labute approximate surface area is 170 Å². The van der Waals surface area contributed by atoms with Crippen molar-refractivity contribution in [3.63, 3.8) is 0 Å². The Morgan fingerprint density at radius 2 is 1.68 bits per heavy atom. The van der Waals surface area contributed by atoms with Crippen LogP contribution in [0.5, 0.6) is 0 Å². The number of benzene rings is 2. The zero-order valence-electron chi connectivity index (χ0n) is 17.2. The average Bonchev–Trinajstić information content (AvgIpc) is 2.73. The molecule has 2 aromatic carbocycles. The summed E-state index contributed by atoms with van der Waals surface area (Å²) >= 11 is 0. The van der Waals surface area contributed by atoms with Crippen LogP contribution < -0.4 is 5.32 Å². The second kappa shape index (κ2) is 12.0. The second-order valence-corrected chi connectivity index (χ2v) is 7.92. The molecule has 3 heteroatoms. The number of ether oxygens (including phenoxy) is 2. The van der Waals surface area contributed by atoms with Gasteiger partial charge in [0, 0.05) is 6.54 Å². The first kappa shape index (κ1) is 21.0. The summed E-state index contributed by atoms with van der Waals surface area (Å²) in [7, 11) is 0. The molecular weight excluding hydrogens is 346 g/mol. The molecule has 1 fully saturated rings. The third-order valence-corrected chi connectivity index (χ3v) is 5.44. The number of aryl methyl sites for hydroxylation is 2. The van der Waals surface area contributed by atoms with E-state index in [4.69, 9.17) is 9.47 Å². The second-order valence-electron chi connectivity index (χ2n) is 7.92. The van der Waals surface area contributed by atoms with Gasteiger partial charge in [-0.05, 0) is 63.1 Å². The zero-order chi connectivity index (χ0) is 19.4. The SMILES string of the molecule is Cc1cccc(CO[C@@H]2CCC[C@H](OCCNCCCc3ccccc3)C2)c1. The van der Waals surface area contributed by atoms with Gasteiger partial charge in [0.25, 0.3) is 0 Å². The van der Waals surface area contributed by atoms with Crippen LogP contribution in [0.1, 0.15) is 48.8 Å². The normalized spacial score (nSPS) is 19.6. The van der Waals surface area contributed by atoms with Crippen molar-refractivity contribution in [3.05, 3.63) is 71.3 Å². The molecule has 1 aliphatic rings. The molecule has 3 rings (SSSR count). The molecule has 0 unspecified atom stereocenters. The van der Waals surface area contributed by atoms with Gasteiger partial charge in [0.2, 0.25) is 0 Å². The van der Waals surface area contributed by atoms with Crippen LogP contribution >= 0.6 is 0 Å². The maximum absolute atomic E-state index is 6.16. The van der Waals surface area contributed by atoms with Crippen LogP contribution in [-0.4, -0.2) is 31.9 Å². The van der Waals surface area contributed by atoms with Gasteiger partial charge in [0.1, 0.15) is 0 Å². The summed E-state index contributed by atoms with van der Waals surface area (Å²) in [4.78, 5) is 0. The molecule has 1 aliphatic carbocycles. The lowest BCUT2D eigenvalue weighted by Crippen LogP contribution is -2.30. The minimum atomic E-state index is 0.332. The molecule has 1 N–H and O–H groups in total. The van der Waals surface area contributed by atoms with E-state index < -0.39 is 0 Å². The third kappa shape index (κ3) is 7.75. The lowest BCUT2D eigenvalue weighted by atomic mass is 9.95. The molecule has 0 radical (unpaired) electrons. The van der Waals surface area contributed by atoms with Crippen LogP contribution in [0.4, 0.5) is 0 Å². The summed E-state index contributed by atoms with van der Waals surface area (Å²) in [5, 5.41) is 3.50. The van der Waals surface area contributed by atoms with Crippen molar-refractivity contribution in [2.45, 2.75) is 64.3 Å². The summed E-state index contributed by atoms with van der Waals surface area (Å²) in [6.45, 7) is 5.61. The number of hydrogen-bond donors (Lipinski definition) is 1. The first-order valence-corrected chi connectivity index (χ1v) is 10.8. The minimum absolute atomic E-state index is 0.332. The van der Waals surface area contributed by atoms with Crippen molar-refractivity contribution in [2.24, 2.45) is 0 Å². The first-order chi connectivity index (χ1) is 13.8. The van der Waals surface area contributed by atoms with E-state index in [0.717, 1.165) is 45.4 Å². The van der Waals surface area contributed by atoms with Gasteiger partial charge in [0.15, 0.2) is 0 Å². The highest BCUT2D eigenvalue weighted by molar-refractivity contribution is 5.21. The van der Waals surface area contributed by atoms with Crippen LogP contribution in [0.25, 0.3) is 0 Å². The molecule has 28 heavy (non-hydrogen) atoms. The van der Waals surface area contributed by atoms with Crippen LogP contribution in [-0.2, 0) is 22.5 Å². The predicted octanol–water partition coefficient (Wildman–Crippen LogP) is 5.06. The fraction of sp³-hybridized carbons (Fsp3) is 0.520. The molecule has 0 aromatic heterocycles. The Bertz CT molecular complexity index is 673. The summed E-state index contributed by atoms with van der Waals surface area (Å²) in [5.74, 6) is 0. The smallest absolute Gasteiger partial charge is 0.0720 e. The Morgan fingerprint density at radius 3 is 2.50 bits per heavy atom. The van der Waals surface area contributed by atoms with E-state index in [1.165, 1.54) is 29.5 Å². The molecule has 1 saturated carbocycles. The van der Waals surface area contributed by atoms with Crippen molar-refractivity contribution >= 4 is 0 Å². The maximum atomic E-state index is 6.16. The van der Waals surface area contributed by atoms with Crippen LogP contribution in [0, 0.1) is 6.92 Å². The van der Waals surface area contributed by atoms with Crippen LogP contribution in [0.3, 0.4) is 0 Å². The van der Waals surface area contributed by atoms with Gasteiger partial charge in [-0.25, -0.2) is 0 Å². The molecule has 0 heterocycles. The summed E-state index contributed by atoms with van der Waals surface area (Å²) in [6, 6.07) is 19.3. The van der Waals surface area contributed by atoms with Crippen molar-refractivity contribution in [1.82, 2.24) is 5.32 Å². The van der Waals surface area contributed by atoms with Gasteiger partial charge >= 0.3 is 0 Å². The fourth-order valence-electron chi connectivity index (χ4n) is 3.91. The fourth-order valence-corrected chi connectivity index (χ4v) is 3.91. The molecule has 0 aliphatic heterocycles. The zero-order valence-corrected chi connectivity index (χ0v) is 17.2. The molecule has 0 bridgehead atoms. The molecule has 2 aromatic rings. The Morgan fingerprint density at radius 1 is 0.893 bits per heavy atom. The van der Waals surface area contributed by atoms with Crippen LogP contribution in [0.15, 0.2) is 54.6 Å². The van der Waals surface area contributed by atoms with Gasteiger partial charge in [-0.3, -0.25) is 0 Å². The van der Waals surface area contributed by atoms with E-state index in [9.17, 15) is 0 Å². The summed E-state index contributed by atoms with van der Waals surface area (Å²) in [6.07, 6.45) is 7.54. The van der Waals surface area contributed by atoms with E-state index in [1.807, 2.05) is 0 Å². The number of nitrogens with one attached hydrogen (secondary N) is 1. The van der Waals surface area contributed by atoms with E-state index in [1.54, 1.807) is 0 Å². The Balaban J connectivity index is 1.23. The summed E-state index contributed by atoms with van der Waals surface area (Å²) in [5.41, 5.74) is 3.98. The average molecular weight is 382 g/mol. The topological polar surface area (TPSA) is 30.5 Å². The van der Waals surface area contributed by atoms with Crippen molar-refractivity contribution in [2.75, 3.05) is 19.7 Å². The molecule has 0 spiro atoms. The molecule has 0 saturated heterocycles. The molecule has 3 nitrogen and oxygen atoms in total. The molecule has 0 amide bonds. The standard InChI is InChI=1S/C25H35NO2/c1-21-8-5-11-23(18-21)20-28-25-14-6-13-24(19-25)27-17-16-26-15-7-12-22-9-3-2-4-10-22/h2-5,8-11,18,24-26H,6-7,12-17,19-20H2,1H3/t24-,25+/m0/s1. The predicted molar refractivity (Wildman–Crippen MR) is 116 cm³/mol. The molecule has 2 atom stereocenters. The van der Waals surface area contributed by atoms with Gasteiger partial charge < -0.3 is 14.8 Å². The molecular formula is C25H35NO2. The number of hydrogen-bond acceptors (Lipinski definition) is 3. The lowest BCUT2D eigenvalue weighted by molar-refractivity contribution is -0.0494. The monoisotopic (exact) mass is 381 g/mol. The van der Waals surface area contributed by atoms with E-state index in [2.05, 4.69) is 66.8 Å². The van der Waals surface area contributed by atoms with Crippen molar-refractivity contribution in [3.8, 4) is 0 Å². The van der Waals surface area contributed by atoms with Crippen molar-refractivity contribution < 1.29 is 9.47 Å². The minimum Gasteiger partial charge on any atom is -0.377 e. The first-order valence-electron chi connectivity index (χ1n) is 10.8. The van der Waals surface area contributed by atoms with Crippen LogP contribution in [0.2, 0.25) is 0 Å². The van der Waals surface area contributed by atoms with Gasteiger partial charge in [-0.15, -0.1) is 0 Å². The number of rotatable bonds is 11. The highest BCUT2D eigenvalue weighted by atomic mass is 16.5. The Hall–Kier alpha value is -1.68. The van der Waals surface area contributed by atoms with Gasteiger partial charge in [-0.2, -0.15) is 0 Å². The molecule has 152 valence electrons. The third-order valence-electron chi connectivity index (χ3n) is 5.44. The van der Waals surface area contributed by atoms with E-state index in [-0.39, 0.29) is 0 Å². The quantitative estimate of drug-likeness (QED) is 0.552. The largest absolute Gasteiger partial charge is 0.377 e. The maximum Gasteiger partial charge on any atom is 0.0720 e. The summed E-state index contributed by atoms with van der Waals surface area (Å²) < 4.78 is 12.3.